The normalized spacial score (nSPS) is 10.1. The van der Waals surface area contributed by atoms with E-state index in [0.717, 1.165) is 11.3 Å². The minimum atomic E-state index is -0.491. The van der Waals surface area contributed by atoms with Crippen LogP contribution in [0.3, 0.4) is 0 Å². The summed E-state index contributed by atoms with van der Waals surface area (Å²) in [4.78, 5) is 10.6. The van der Waals surface area contributed by atoms with Crippen LogP contribution in [0.25, 0.3) is 0 Å². The van der Waals surface area contributed by atoms with Crippen LogP contribution in [-0.4, -0.2) is 12.5 Å². The molecule has 4 nitrogen and oxygen atoms in total. The van der Waals surface area contributed by atoms with Crippen LogP contribution >= 0.6 is 11.6 Å². The van der Waals surface area contributed by atoms with Crippen molar-refractivity contribution in [3.05, 3.63) is 59.1 Å². The minimum Gasteiger partial charge on any atom is -0.484 e. The van der Waals surface area contributed by atoms with Crippen molar-refractivity contribution < 1.29 is 9.53 Å². The maximum absolute atomic E-state index is 10.6. The van der Waals surface area contributed by atoms with Gasteiger partial charge in [-0.2, -0.15) is 0 Å². The molecule has 104 valence electrons. The van der Waals surface area contributed by atoms with Crippen LogP contribution in [0, 0.1) is 0 Å². The van der Waals surface area contributed by atoms with Crippen molar-refractivity contribution in [2.45, 2.75) is 6.54 Å². The topological polar surface area (TPSA) is 64.4 Å². The van der Waals surface area contributed by atoms with Gasteiger partial charge in [-0.05, 0) is 29.8 Å². The highest BCUT2D eigenvalue weighted by molar-refractivity contribution is 6.33. The first-order chi connectivity index (χ1) is 9.65. The second-order valence-corrected chi connectivity index (χ2v) is 4.64. The average molecular weight is 291 g/mol. The van der Waals surface area contributed by atoms with Crippen LogP contribution in [0.1, 0.15) is 5.56 Å². The Morgan fingerprint density at radius 3 is 2.50 bits per heavy atom. The third-order valence-electron chi connectivity index (χ3n) is 2.66. The molecule has 20 heavy (non-hydrogen) atoms. The number of ether oxygens (including phenoxy) is 1. The Hall–Kier alpha value is -2.20. The molecule has 0 aliphatic rings. The third-order valence-corrected chi connectivity index (χ3v) is 2.99. The molecule has 0 spiro atoms. The Labute approximate surface area is 122 Å². The average Bonchev–Trinajstić information content (AvgIpc) is 2.45. The number of hydrogen-bond donors (Lipinski definition) is 2. The van der Waals surface area contributed by atoms with E-state index in [1.54, 1.807) is 12.1 Å². The van der Waals surface area contributed by atoms with Gasteiger partial charge in [0.05, 0.1) is 10.7 Å². The van der Waals surface area contributed by atoms with E-state index in [-0.39, 0.29) is 6.61 Å². The molecule has 1 amide bonds. The van der Waals surface area contributed by atoms with E-state index in [9.17, 15) is 4.79 Å². The molecule has 5 heteroatoms. The van der Waals surface area contributed by atoms with Gasteiger partial charge in [-0.25, -0.2) is 0 Å². The first-order valence-corrected chi connectivity index (χ1v) is 6.51. The molecule has 0 aliphatic carbocycles. The molecule has 0 saturated heterocycles. The first kappa shape index (κ1) is 14.2. The lowest BCUT2D eigenvalue weighted by Crippen LogP contribution is -2.19. The minimum absolute atomic E-state index is 0.114. The largest absolute Gasteiger partial charge is 0.484 e. The standard InChI is InChI=1S/C15H15ClN2O2/c16-13-3-1-2-4-14(13)18-9-11-5-7-12(8-6-11)20-10-15(17)19/h1-8,18H,9-10H2,(H2,17,19). The van der Waals surface area contributed by atoms with Crippen molar-refractivity contribution >= 4 is 23.2 Å². The number of amides is 1. The number of nitrogens with two attached hydrogens (primary N) is 1. The number of benzene rings is 2. The van der Waals surface area contributed by atoms with Crippen molar-refractivity contribution in [2.24, 2.45) is 5.73 Å². The number of rotatable bonds is 6. The fraction of sp³-hybridized carbons (Fsp3) is 0.133. The number of halogens is 1. The van der Waals surface area contributed by atoms with Crippen molar-refractivity contribution in [2.75, 3.05) is 11.9 Å². The second kappa shape index (κ2) is 6.82. The van der Waals surface area contributed by atoms with Gasteiger partial charge in [0.25, 0.3) is 5.91 Å². The molecule has 2 aromatic carbocycles. The van der Waals surface area contributed by atoms with Crippen LogP contribution in [0.2, 0.25) is 5.02 Å². The molecule has 0 aromatic heterocycles. The zero-order valence-electron chi connectivity index (χ0n) is 10.8. The Morgan fingerprint density at radius 2 is 1.85 bits per heavy atom. The zero-order chi connectivity index (χ0) is 14.4. The highest BCUT2D eigenvalue weighted by Crippen LogP contribution is 2.21. The van der Waals surface area contributed by atoms with Crippen molar-refractivity contribution in [1.82, 2.24) is 0 Å². The summed E-state index contributed by atoms with van der Waals surface area (Å²) in [6.45, 7) is 0.539. The van der Waals surface area contributed by atoms with Gasteiger partial charge in [-0.1, -0.05) is 35.9 Å². The molecule has 0 bridgehead atoms. The Balaban J connectivity index is 1.91. The van der Waals surface area contributed by atoms with Gasteiger partial charge >= 0.3 is 0 Å². The lowest BCUT2D eigenvalue weighted by Gasteiger charge is -2.09. The third kappa shape index (κ3) is 4.17. The SMILES string of the molecule is NC(=O)COc1ccc(CNc2ccccc2Cl)cc1. The van der Waals surface area contributed by atoms with Crippen molar-refractivity contribution in [1.29, 1.82) is 0 Å². The molecule has 0 fully saturated rings. The van der Waals surface area contributed by atoms with Gasteiger partial charge < -0.3 is 15.8 Å². The zero-order valence-corrected chi connectivity index (χ0v) is 11.6. The van der Waals surface area contributed by atoms with Gasteiger partial charge in [0, 0.05) is 6.54 Å². The Morgan fingerprint density at radius 1 is 1.15 bits per heavy atom. The smallest absolute Gasteiger partial charge is 0.255 e. The van der Waals surface area contributed by atoms with E-state index in [1.807, 2.05) is 36.4 Å². The molecule has 3 N–H and O–H groups in total. The molecule has 0 saturated carbocycles. The summed E-state index contributed by atoms with van der Waals surface area (Å²) in [6.07, 6.45) is 0. The number of hydrogen-bond acceptors (Lipinski definition) is 3. The predicted octanol–water partition coefficient (Wildman–Crippen LogP) is 2.82. The molecular weight excluding hydrogens is 276 g/mol. The van der Waals surface area contributed by atoms with Crippen LogP contribution in [0.4, 0.5) is 5.69 Å². The number of carbonyl (C=O) groups is 1. The van der Waals surface area contributed by atoms with E-state index < -0.39 is 5.91 Å². The summed E-state index contributed by atoms with van der Waals surface area (Å²) in [6, 6.07) is 15.0. The van der Waals surface area contributed by atoms with Crippen LogP contribution in [-0.2, 0) is 11.3 Å². The molecular formula is C15H15ClN2O2. The predicted molar refractivity (Wildman–Crippen MR) is 79.9 cm³/mol. The van der Waals surface area contributed by atoms with Gasteiger partial charge in [0.2, 0.25) is 0 Å². The van der Waals surface area contributed by atoms with Crippen molar-refractivity contribution in [3.63, 3.8) is 0 Å². The maximum Gasteiger partial charge on any atom is 0.255 e. The lowest BCUT2D eigenvalue weighted by molar-refractivity contribution is -0.119. The molecule has 0 aliphatic heterocycles. The molecule has 0 radical (unpaired) electrons. The number of carbonyl (C=O) groups excluding carboxylic acids is 1. The second-order valence-electron chi connectivity index (χ2n) is 4.23. The fourth-order valence-corrected chi connectivity index (χ4v) is 1.86. The Bertz CT molecular complexity index is 585. The lowest BCUT2D eigenvalue weighted by atomic mass is 10.2. The molecule has 2 aromatic rings. The monoisotopic (exact) mass is 290 g/mol. The van der Waals surface area contributed by atoms with Gasteiger partial charge in [0.15, 0.2) is 6.61 Å². The molecule has 0 atom stereocenters. The molecule has 2 rings (SSSR count). The summed E-state index contributed by atoms with van der Waals surface area (Å²) in [5, 5.41) is 3.94. The van der Waals surface area contributed by atoms with Gasteiger partial charge in [0.1, 0.15) is 5.75 Å². The maximum atomic E-state index is 10.6. The van der Waals surface area contributed by atoms with Gasteiger partial charge in [-0.15, -0.1) is 0 Å². The first-order valence-electron chi connectivity index (χ1n) is 6.13. The van der Waals surface area contributed by atoms with E-state index >= 15 is 0 Å². The number of nitrogens with one attached hydrogen (secondary N) is 1. The summed E-state index contributed by atoms with van der Waals surface area (Å²) in [5.41, 5.74) is 6.98. The highest BCUT2D eigenvalue weighted by atomic mass is 35.5. The van der Waals surface area contributed by atoms with Crippen LogP contribution in [0.15, 0.2) is 48.5 Å². The molecule has 0 unspecified atom stereocenters. The number of primary amides is 1. The molecule has 0 heterocycles. The van der Waals surface area contributed by atoms with Crippen molar-refractivity contribution in [3.8, 4) is 5.75 Å². The quantitative estimate of drug-likeness (QED) is 0.860. The number of para-hydroxylation sites is 1. The van der Waals surface area contributed by atoms with E-state index in [4.69, 9.17) is 22.1 Å². The highest BCUT2D eigenvalue weighted by Gasteiger charge is 2.00. The Kier molecular flexibility index (Phi) is 4.85. The van der Waals surface area contributed by atoms with E-state index in [0.29, 0.717) is 17.3 Å². The summed E-state index contributed by atoms with van der Waals surface area (Å²) in [5.74, 6) is 0.125. The van der Waals surface area contributed by atoms with Crippen LogP contribution in [0.5, 0.6) is 5.75 Å². The summed E-state index contributed by atoms with van der Waals surface area (Å²) >= 11 is 6.06. The van der Waals surface area contributed by atoms with E-state index in [2.05, 4.69) is 5.32 Å². The van der Waals surface area contributed by atoms with E-state index in [1.165, 1.54) is 0 Å². The number of anilines is 1. The van der Waals surface area contributed by atoms with Gasteiger partial charge in [-0.3, -0.25) is 4.79 Å². The summed E-state index contributed by atoms with van der Waals surface area (Å²) < 4.78 is 5.19. The summed E-state index contributed by atoms with van der Waals surface area (Å²) in [7, 11) is 0. The van der Waals surface area contributed by atoms with Crippen LogP contribution < -0.4 is 15.8 Å². The fourth-order valence-electron chi connectivity index (χ4n) is 1.66.